The molecule has 0 aromatic heterocycles. The molecule has 0 aliphatic carbocycles. The molecule has 2 aliphatic heterocycles. The van der Waals surface area contributed by atoms with Gasteiger partial charge in [-0.3, -0.25) is 4.79 Å². The molecule has 3 rings (SSSR count). The van der Waals surface area contributed by atoms with Crippen LogP contribution >= 0.6 is 24.0 Å². The predicted molar refractivity (Wildman–Crippen MR) is 115 cm³/mol. The van der Waals surface area contributed by atoms with E-state index in [-0.39, 0.29) is 42.1 Å². The fraction of sp³-hybridized carbons (Fsp3) is 0.579. The minimum Gasteiger partial charge on any atom is -0.378 e. The van der Waals surface area contributed by atoms with Crippen molar-refractivity contribution in [1.82, 2.24) is 9.80 Å². The number of rotatable bonds is 3. The topological polar surface area (TPSA) is 80.4 Å². The lowest BCUT2D eigenvalue weighted by Crippen LogP contribution is -2.48. The van der Waals surface area contributed by atoms with Crippen LogP contribution < -0.4 is 5.73 Å². The van der Waals surface area contributed by atoms with Gasteiger partial charge in [0, 0.05) is 31.7 Å². The minimum atomic E-state index is 0. The Hall–Kier alpha value is -1.39. The molecule has 1 amide bonds. The molecule has 2 heterocycles. The van der Waals surface area contributed by atoms with Crippen LogP contribution in [0, 0.1) is 0 Å². The van der Waals surface area contributed by atoms with Crippen molar-refractivity contribution in [2.24, 2.45) is 10.7 Å². The molecule has 2 fully saturated rings. The van der Waals surface area contributed by atoms with E-state index in [2.05, 4.69) is 4.99 Å². The number of carbonyl (C=O) groups is 1. The molecule has 2 unspecified atom stereocenters. The summed E-state index contributed by atoms with van der Waals surface area (Å²) in [6, 6.07) is 7.61. The van der Waals surface area contributed by atoms with Gasteiger partial charge in [0.15, 0.2) is 5.96 Å². The van der Waals surface area contributed by atoms with Gasteiger partial charge in [-0.25, -0.2) is 4.99 Å². The highest BCUT2D eigenvalue weighted by molar-refractivity contribution is 14.0. The highest BCUT2D eigenvalue weighted by Crippen LogP contribution is 2.15. The highest BCUT2D eigenvalue weighted by atomic mass is 127. The van der Waals surface area contributed by atoms with Gasteiger partial charge in [-0.05, 0) is 31.5 Å². The van der Waals surface area contributed by atoms with Gasteiger partial charge < -0.3 is 25.0 Å². The van der Waals surface area contributed by atoms with Crippen molar-refractivity contribution in [1.29, 1.82) is 0 Å². The van der Waals surface area contributed by atoms with E-state index in [0.29, 0.717) is 44.4 Å². The summed E-state index contributed by atoms with van der Waals surface area (Å²) in [5.74, 6) is 0.597. The summed E-state index contributed by atoms with van der Waals surface area (Å²) in [5.41, 5.74) is 7.77. The minimum absolute atomic E-state index is 0. The standard InChI is InChI=1S/C19H28N4O3.HI/c1-14-12-23(13-15(2)26-14)18(24)17-5-3-16(4-6-17)11-21-19(20)22-7-9-25-10-8-22;/h3-6,14-15H,7-13H2,1-2H3,(H2,20,21);1H. The normalized spacial score (nSPS) is 23.7. The summed E-state index contributed by atoms with van der Waals surface area (Å²) in [7, 11) is 0. The van der Waals surface area contributed by atoms with E-state index in [0.717, 1.165) is 18.7 Å². The number of nitrogens with zero attached hydrogens (tertiary/aromatic N) is 3. The van der Waals surface area contributed by atoms with Crippen molar-refractivity contribution in [3.05, 3.63) is 35.4 Å². The van der Waals surface area contributed by atoms with E-state index >= 15 is 0 Å². The maximum Gasteiger partial charge on any atom is 0.254 e. The summed E-state index contributed by atoms with van der Waals surface area (Å²) >= 11 is 0. The first kappa shape index (κ1) is 21.9. The van der Waals surface area contributed by atoms with Crippen LogP contribution in [-0.2, 0) is 16.0 Å². The number of guanidine groups is 1. The lowest BCUT2D eigenvalue weighted by Gasteiger charge is -2.35. The van der Waals surface area contributed by atoms with Gasteiger partial charge >= 0.3 is 0 Å². The molecular formula is C19H29IN4O3. The zero-order chi connectivity index (χ0) is 18.5. The molecule has 0 spiro atoms. The first-order valence-electron chi connectivity index (χ1n) is 9.19. The summed E-state index contributed by atoms with van der Waals surface area (Å²) < 4.78 is 11.0. The SMILES string of the molecule is CC1CN(C(=O)c2ccc(CN=C(N)N3CCOCC3)cc2)CC(C)O1.I. The van der Waals surface area contributed by atoms with E-state index in [9.17, 15) is 4.79 Å². The predicted octanol–water partition coefficient (Wildman–Crippen LogP) is 1.70. The lowest BCUT2D eigenvalue weighted by molar-refractivity contribution is -0.0586. The molecule has 2 N–H and O–H groups in total. The highest BCUT2D eigenvalue weighted by Gasteiger charge is 2.26. The molecule has 1 aromatic carbocycles. The number of halogens is 1. The Morgan fingerprint density at radius 3 is 2.30 bits per heavy atom. The molecule has 0 saturated carbocycles. The van der Waals surface area contributed by atoms with Gasteiger partial charge in [0.1, 0.15) is 0 Å². The van der Waals surface area contributed by atoms with Crippen LogP contribution in [0.5, 0.6) is 0 Å². The van der Waals surface area contributed by atoms with Crippen LogP contribution in [0.1, 0.15) is 29.8 Å². The second-order valence-electron chi connectivity index (χ2n) is 6.94. The van der Waals surface area contributed by atoms with E-state index in [1.807, 2.05) is 47.9 Å². The molecule has 27 heavy (non-hydrogen) atoms. The third kappa shape index (κ3) is 6.05. The molecule has 1 aromatic rings. The molecule has 7 nitrogen and oxygen atoms in total. The number of ether oxygens (including phenoxy) is 2. The summed E-state index contributed by atoms with van der Waals surface area (Å²) in [4.78, 5) is 21.0. The van der Waals surface area contributed by atoms with E-state index in [1.165, 1.54) is 0 Å². The van der Waals surface area contributed by atoms with Crippen molar-refractivity contribution >= 4 is 35.8 Å². The molecule has 8 heteroatoms. The Morgan fingerprint density at radius 2 is 1.70 bits per heavy atom. The van der Waals surface area contributed by atoms with Gasteiger partial charge in [0.05, 0.1) is 32.0 Å². The first-order valence-corrected chi connectivity index (χ1v) is 9.19. The lowest BCUT2D eigenvalue weighted by atomic mass is 10.1. The van der Waals surface area contributed by atoms with Crippen LogP contribution in [0.15, 0.2) is 29.3 Å². The smallest absolute Gasteiger partial charge is 0.254 e. The van der Waals surface area contributed by atoms with Crippen LogP contribution in [0.25, 0.3) is 0 Å². The summed E-state index contributed by atoms with van der Waals surface area (Å²) in [5, 5.41) is 0. The number of morpholine rings is 2. The zero-order valence-corrected chi connectivity index (χ0v) is 18.3. The number of nitrogens with two attached hydrogens (primary N) is 1. The maximum absolute atomic E-state index is 12.7. The van der Waals surface area contributed by atoms with Crippen LogP contribution in [-0.4, -0.2) is 73.3 Å². The molecule has 2 saturated heterocycles. The van der Waals surface area contributed by atoms with Crippen molar-refractivity contribution in [2.75, 3.05) is 39.4 Å². The molecular weight excluding hydrogens is 459 g/mol. The molecule has 0 bridgehead atoms. The van der Waals surface area contributed by atoms with Gasteiger partial charge in [-0.1, -0.05) is 12.1 Å². The Balaban J connectivity index is 0.00000261. The Labute approximate surface area is 177 Å². The molecule has 2 atom stereocenters. The summed E-state index contributed by atoms with van der Waals surface area (Å²) in [6.45, 7) is 8.68. The van der Waals surface area contributed by atoms with Crippen LogP contribution in [0.4, 0.5) is 0 Å². The quantitative estimate of drug-likeness (QED) is 0.398. The zero-order valence-electron chi connectivity index (χ0n) is 16.0. The number of aliphatic imine (C=N–C) groups is 1. The van der Waals surface area contributed by atoms with E-state index < -0.39 is 0 Å². The molecule has 0 radical (unpaired) electrons. The average molecular weight is 488 g/mol. The second-order valence-corrected chi connectivity index (χ2v) is 6.94. The van der Waals surface area contributed by atoms with Crippen molar-refractivity contribution < 1.29 is 14.3 Å². The number of amides is 1. The van der Waals surface area contributed by atoms with Crippen LogP contribution in [0.2, 0.25) is 0 Å². The summed E-state index contributed by atoms with van der Waals surface area (Å²) in [6.07, 6.45) is 0.138. The van der Waals surface area contributed by atoms with Gasteiger partial charge in [-0.15, -0.1) is 24.0 Å². The van der Waals surface area contributed by atoms with Gasteiger partial charge in [0.2, 0.25) is 0 Å². The maximum atomic E-state index is 12.7. The number of hydrogen-bond donors (Lipinski definition) is 1. The third-order valence-electron chi connectivity index (χ3n) is 4.67. The third-order valence-corrected chi connectivity index (χ3v) is 4.67. The largest absolute Gasteiger partial charge is 0.378 e. The fourth-order valence-electron chi connectivity index (χ4n) is 3.34. The van der Waals surface area contributed by atoms with Gasteiger partial charge in [0.25, 0.3) is 5.91 Å². The van der Waals surface area contributed by atoms with E-state index in [4.69, 9.17) is 15.2 Å². The fourth-order valence-corrected chi connectivity index (χ4v) is 3.34. The Kier molecular flexibility index (Phi) is 8.30. The van der Waals surface area contributed by atoms with Crippen molar-refractivity contribution in [3.8, 4) is 0 Å². The van der Waals surface area contributed by atoms with Crippen LogP contribution in [0.3, 0.4) is 0 Å². The molecule has 150 valence electrons. The first-order chi connectivity index (χ1) is 12.5. The van der Waals surface area contributed by atoms with E-state index in [1.54, 1.807) is 0 Å². The Morgan fingerprint density at radius 1 is 1.11 bits per heavy atom. The second kappa shape index (κ2) is 10.2. The van der Waals surface area contributed by atoms with Gasteiger partial charge in [-0.2, -0.15) is 0 Å². The monoisotopic (exact) mass is 488 g/mol. The number of carbonyl (C=O) groups excluding carboxylic acids is 1. The average Bonchev–Trinajstić information content (AvgIpc) is 2.66. The number of hydrogen-bond acceptors (Lipinski definition) is 4. The number of benzene rings is 1. The van der Waals surface area contributed by atoms with Crippen molar-refractivity contribution in [3.63, 3.8) is 0 Å². The Bertz CT molecular complexity index is 637. The van der Waals surface area contributed by atoms with Crippen molar-refractivity contribution in [2.45, 2.75) is 32.6 Å². The molecule has 2 aliphatic rings.